The lowest BCUT2D eigenvalue weighted by molar-refractivity contribution is -0.134. The minimum absolute atomic E-state index is 0.00417. The summed E-state index contributed by atoms with van der Waals surface area (Å²) in [6.45, 7) is 2.85. The Balaban J connectivity index is 2.06. The van der Waals surface area contributed by atoms with Crippen LogP contribution in [0.1, 0.15) is 45.4 Å². The number of aliphatic hydroxyl groups is 1. The second-order valence-electron chi connectivity index (χ2n) is 5.45. The lowest BCUT2D eigenvalue weighted by Gasteiger charge is -2.42. The molecule has 0 aromatic rings. The summed E-state index contributed by atoms with van der Waals surface area (Å²) in [6, 6.07) is 0.367. The molecule has 2 unspecified atom stereocenters. The van der Waals surface area contributed by atoms with Gasteiger partial charge in [-0.1, -0.05) is 25.7 Å². The number of amides is 1. The molecule has 4 nitrogen and oxygen atoms in total. The average molecular weight is 240 g/mol. The zero-order chi connectivity index (χ0) is 12.3. The number of nitrogens with one attached hydrogen (secondary N) is 1. The van der Waals surface area contributed by atoms with Gasteiger partial charge >= 0.3 is 0 Å². The predicted octanol–water partition coefficient (Wildman–Crippen LogP) is 0.890. The molecule has 2 atom stereocenters. The van der Waals surface area contributed by atoms with E-state index in [1.54, 1.807) is 0 Å². The van der Waals surface area contributed by atoms with Crippen LogP contribution in [0.3, 0.4) is 0 Å². The molecule has 0 spiro atoms. The summed E-state index contributed by atoms with van der Waals surface area (Å²) in [5.74, 6) is -0.00417. The van der Waals surface area contributed by atoms with Crippen molar-refractivity contribution >= 4 is 5.91 Å². The van der Waals surface area contributed by atoms with Gasteiger partial charge < -0.3 is 10.4 Å². The molecule has 0 bridgehead atoms. The number of carbonyl (C=O) groups is 1. The van der Waals surface area contributed by atoms with E-state index < -0.39 is 0 Å². The molecular weight excluding hydrogens is 216 g/mol. The van der Waals surface area contributed by atoms with Crippen LogP contribution in [-0.2, 0) is 4.79 Å². The van der Waals surface area contributed by atoms with Crippen molar-refractivity contribution in [3.63, 3.8) is 0 Å². The minimum Gasteiger partial charge on any atom is -0.394 e. The van der Waals surface area contributed by atoms with Gasteiger partial charge in [0.2, 0.25) is 5.91 Å². The molecule has 0 radical (unpaired) electrons. The molecule has 1 heterocycles. The number of rotatable bonds is 2. The summed E-state index contributed by atoms with van der Waals surface area (Å²) in [5, 5.41) is 12.3. The smallest absolute Gasteiger partial charge is 0.240 e. The van der Waals surface area contributed by atoms with E-state index in [2.05, 4.69) is 10.2 Å². The molecule has 1 amide bonds. The Morgan fingerprint density at radius 3 is 2.53 bits per heavy atom. The Morgan fingerprint density at radius 1 is 1.29 bits per heavy atom. The van der Waals surface area contributed by atoms with E-state index in [1.807, 2.05) is 6.92 Å². The van der Waals surface area contributed by atoms with Crippen LogP contribution in [0.25, 0.3) is 0 Å². The highest BCUT2D eigenvalue weighted by atomic mass is 16.3. The third kappa shape index (κ3) is 2.99. The Hall–Kier alpha value is -0.610. The van der Waals surface area contributed by atoms with E-state index in [0.717, 1.165) is 6.54 Å². The lowest BCUT2D eigenvalue weighted by Crippen LogP contribution is -2.62. The van der Waals surface area contributed by atoms with Gasteiger partial charge in [0.15, 0.2) is 0 Å². The number of carbonyl (C=O) groups excluding carboxylic acids is 1. The van der Waals surface area contributed by atoms with Crippen LogP contribution in [0.15, 0.2) is 0 Å². The van der Waals surface area contributed by atoms with Gasteiger partial charge in [0, 0.05) is 18.6 Å². The number of piperazine rings is 1. The van der Waals surface area contributed by atoms with Crippen LogP contribution in [0.5, 0.6) is 0 Å². The molecule has 0 aromatic heterocycles. The van der Waals surface area contributed by atoms with Crippen LogP contribution < -0.4 is 5.32 Å². The zero-order valence-electron chi connectivity index (χ0n) is 10.7. The van der Waals surface area contributed by atoms with Gasteiger partial charge in [0.05, 0.1) is 6.61 Å². The quantitative estimate of drug-likeness (QED) is 0.705. The van der Waals surface area contributed by atoms with Gasteiger partial charge in [-0.2, -0.15) is 0 Å². The summed E-state index contributed by atoms with van der Waals surface area (Å²) < 4.78 is 0. The first-order chi connectivity index (χ1) is 8.22. The maximum atomic E-state index is 11.9. The SMILES string of the molecule is CC1CN(C2CCCCCC2)C(CO)C(=O)N1. The topological polar surface area (TPSA) is 52.6 Å². The Bertz CT molecular complexity index is 262. The van der Waals surface area contributed by atoms with Gasteiger partial charge in [-0.15, -0.1) is 0 Å². The molecule has 1 saturated heterocycles. The fourth-order valence-electron chi connectivity index (χ4n) is 3.16. The summed E-state index contributed by atoms with van der Waals surface area (Å²) in [6.07, 6.45) is 7.50. The summed E-state index contributed by atoms with van der Waals surface area (Å²) in [4.78, 5) is 14.1. The Kier molecular flexibility index (Phi) is 4.40. The Morgan fingerprint density at radius 2 is 1.94 bits per heavy atom. The second kappa shape index (κ2) is 5.83. The first-order valence-corrected chi connectivity index (χ1v) is 6.89. The molecule has 1 aliphatic heterocycles. The predicted molar refractivity (Wildman–Crippen MR) is 66.7 cm³/mol. The fraction of sp³-hybridized carbons (Fsp3) is 0.923. The molecule has 2 aliphatic rings. The summed E-state index contributed by atoms with van der Waals surface area (Å²) >= 11 is 0. The van der Waals surface area contributed by atoms with E-state index in [4.69, 9.17) is 0 Å². The minimum atomic E-state index is -0.325. The number of nitrogens with zero attached hydrogens (tertiary/aromatic N) is 1. The molecule has 0 aromatic carbocycles. The van der Waals surface area contributed by atoms with E-state index in [1.165, 1.54) is 38.5 Å². The van der Waals surface area contributed by atoms with E-state index in [-0.39, 0.29) is 24.6 Å². The first kappa shape index (κ1) is 12.8. The van der Waals surface area contributed by atoms with Gasteiger partial charge in [0.1, 0.15) is 6.04 Å². The molecule has 4 heteroatoms. The number of aliphatic hydroxyl groups excluding tert-OH is 1. The standard InChI is InChI=1S/C13H24N2O2/c1-10-8-15(12(9-16)13(17)14-10)11-6-4-2-3-5-7-11/h10-12,16H,2-9H2,1H3,(H,14,17). The van der Waals surface area contributed by atoms with Crippen molar-refractivity contribution in [3.8, 4) is 0 Å². The van der Waals surface area contributed by atoms with Crippen molar-refractivity contribution in [2.45, 2.75) is 63.6 Å². The molecule has 1 saturated carbocycles. The van der Waals surface area contributed by atoms with Crippen molar-refractivity contribution in [1.82, 2.24) is 10.2 Å². The largest absolute Gasteiger partial charge is 0.394 e. The van der Waals surface area contributed by atoms with Gasteiger partial charge in [-0.3, -0.25) is 9.69 Å². The van der Waals surface area contributed by atoms with Crippen LogP contribution in [0, 0.1) is 0 Å². The molecule has 17 heavy (non-hydrogen) atoms. The van der Waals surface area contributed by atoms with E-state index in [9.17, 15) is 9.90 Å². The van der Waals surface area contributed by atoms with Gasteiger partial charge in [0.25, 0.3) is 0 Å². The maximum absolute atomic E-state index is 11.9. The number of hydrogen-bond acceptors (Lipinski definition) is 3. The highest BCUT2D eigenvalue weighted by molar-refractivity contribution is 5.83. The highest BCUT2D eigenvalue weighted by Gasteiger charge is 2.36. The van der Waals surface area contributed by atoms with Gasteiger partial charge in [-0.25, -0.2) is 0 Å². The van der Waals surface area contributed by atoms with Crippen LogP contribution >= 0.6 is 0 Å². The lowest BCUT2D eigenvalue weighted by atomic mass is 10.0. The van der Waals surface area contributed by atoms with Crippen molar-refractivity contribution in [3.05, 3.63) is 0 Å². The Labute approximate surface area is 103 Å². The molecule has 1 aliphatic carbocycles. The van der Waals surface area contributed by atoms with Crippen molar-refractivity contribution in [2.24, 2.45) is 0 Å². The van der Waals surface area contributed by atoms with Crippen LogP contribution in [0.4, 0.5) is 0 Å². The first-order valence-electron chi connectivity index (χ1n) is 6.89. The third-order valence-electron chi connectivity index (χ3n) is 4.04. The van der Waals surface area contributed by atoms with Crippen LogP contribution in [0.2, 0.25) is 0 Å². The van der Waals surface area contributed by atoms with Crippen LogP contribution in [-0.4, -0.2) is 47.2 Å². The molecule has 2 rings (SSSR count). The monoisotopic (exact) mass is 240 g/mol. The van der Waals surface area contributed by atoms with E-state index in [0.29, 0.717) is 6.04 Å². The molecular formula is C13H24N2O2. The second-order valence-corrected chi connectivity index (χ2v) is 5.45. The van der Waals surface area contributed by atoms with Gasteiger partial charge in [-0.05, 0) is 19.8 Å². The van der Waals surface area contributed by atoms with E-state index >= 15 is 0 Å². The highest BCUT2D eigenvalue weighted by Crippen LogP contribution is 2.25. The molecule has 98 valence electrons. The maximum Gasteiger partial charge on any atom is 0.240 e. The summed E-state index contributed by atoms with van der Waals surface area (Å²) in [7, 11) is 0. The normalized spacial score (nSPS) is 33.2. The molecule has 2 N–H and O–H groups in total. The number of hydrogen-bond donors (Lipinski definition) is 2. The van der Waals surface area contributed by atoms with Crippen molar-refractivity contribution in [1.29, 1.82) is 0 Å². The summed E-state index contributed by atoms with van der Waals surface area (Å²) in [5.41, 5.74) is 0. The van der Waals surface area contributed by atoms with Crippen molar-refractivity contribution in [2.75, 3.05) is 13.2 Å². The van der Waals surface area contributed by atoms with Crippen molar-refractivity contribution < 1.29 is 9.90 Å². The fourth-order valence-corrected chi connectivity index (χ4v) is 3.16. The zero-order valence-corrected chi connectivity index (χ0v) is 10.7. The average Bonchev–Trinajstić information content (AvgIpc) is 2.56. The molecule has 2 fully saturated rings. The third-order valence-corrected chi connectivity index (χ3v) is 4.04.